The Kier molecular flexibility index (Phi) is 4.31. The Hall–Kier alpha value is -2.04. The maximum Gasteiger partial charge on any atom is 0.411 e. The standard InChI is InChI=1S/C13H17NO4/c1-9-4-6-10(7-5-9)14-12(17)18-8-13(2,3)11(15)16/h4-7H,8H2,1-3H3,(H,14,17)(H,15,16). The summed E-state index contributed by atoms with van der Waals surface area (Å²) in [6.07, 6.45) is -0.659. The van der Waals surface area contributed by atoms with E-state index in [4.69, 9.17) is 9.84 Å². The number of rotatable bonds is 4. The molecule has 0 fully saturated rings. The Bertz CT molecular complexity index is 437. The Morgan fingerprint density at radius 1 is 1.28 bits per heavy atom. The molecule has 0 aromatic heterocycles. The molecule has 0 aliphatic carbocycles. The Morgan fingerprint density at radius 3 is 2.33 bits per heavy atom. The van der Waals surface area contributed by atoms with Gasteiger partial charge in [0.05, 0.1) is 5.41 Å². The van der Waals surface area contributed by atoms with Crippen LogP contribution in [0.25, 0.3) is 0 Å². The molecule has 0 saturated heterocycles. The minimum absolute atomic E-state index is 0.181. The number of carboxylic acid groups (broad SMARTS) is 1. The van der Waals surface area contributed by atoms with Crippen molar-refractivity contribution in [2.45, 2.75) is 20.8 Å². The molecule has 0 radical (unpaired) electrons. The van der Waals surface area contributed by atoms with Gasteiger partial charge in [-0.05, 0) is 32.9 Å². The zero-order valence-electron chi connectivity index (χ0n) is 10.7. The summed E-state index contributed by atoms with van der Waals surface area (Å²) in [7, 11) is 0. The minimum atomic E-state index is -1.09. The number of carbonyl (C=O) groups excluding carboxylic acids is 1. The molecule has 0 atom stereocenters. The molecule has 0 saturated carbocycles. The van der Waals surface area contributed by atoms with Crippen LogP contribution in [-0.4, -0.2) is 23.8 Å². The van der Waals surface area contributed by atoms with Crippen molar-refractivity contribution in [2.24, 2.45) is 5.41 Å². The fourth-order valence-corrected chi connectivity index (χ4v) is 1.10. The van der Waals surface area contributed by atoms with Crippen LogP contribution in [0.1, 0.15) is 19.4 Å². The van der Waals surface area contributed by atoms with Crippen LogP contribution in [0.4, 0.5) is 10.5 Å². The summed E-state index contributed by atoms with van der Waals surface area (Å²) in [6, 6.07) is 7.21. The fraction of sp³-hybridized carbons (Fsp3) is 0.385. The largest absolute Gasteiger partial charge is 0.481 e. The second-order valence-corrected chi connectivity index (χ2v) is 4.76. The van der Waals surface area contributed by atoms with Gasteiger partial charge in [0.2, 0.25) is 0 Å². The summed E-state index contributed by atoms with van der Waals surface area (Å²) >= 11 is 0. The third-order valence-electron chi connectivity index (χ3n) is 2.44. The highest BCUT2D eigenvalue weighted by Crippen LogP contribution is 2.16. The molecule has 0 unspecified atom stereocenters. The van der Waals surface area contributed by atoms with Crippen LogP contribution in [-0.2, 0) is 9.53 Å². The number of aryl methyl sites for hydroxylation is 1. The second kappa shape index (κ2) is 5.53. The molecule has 18 heavy (non-hydrogen) atoms. The molecular weight excluding hydrogens is 234 g/mol. The van der Waals surface area contributed by atoms with Gasteiger partial charge < -0.3 is 9.84 Å². The molecule has 1 aromatic rings. The molecule has 0 aliphatic rings. The zero-order chi connectivity index (χ0) is 13.8. The first-order valence-electron chi connectivity index (χ1n) is 5.55. The minimum Gasteiger partial charge on any atom is -0.481 e. The van der Waals surface area contributed by atoms with E-state index in [2.05, 4.69) is 5.32 Å². The number of carboxylic acids is 1. The van der Waals surface area contributed by atoms with Crippen molar-refractivity contribution < 1.29 is 19.4 Å². The van der Waals surface area contributed by atoms with Crippen LogP contribution < -0.4 is 5.32 Å². The molecular formula is C13H17NO4. The summed E-state index contributed by atoms with van der Waals surface area (Å²) in [5.74, 6) is -1.01. The highest BCUT2D eigenvalue weighted by Gasteiger charge is 2.29. The second-order valence-electron chi connectivity index (χ2n) is 4.76. The van der Waals surface area contributed by atoms with E-state index in [0.717, 1.165) is 5.56 Å². The number of aliphatic carboxylic acids is 1. The van der Waals surface area contributed by atoms with Crippen molar-refractivity contribution in [3.63, 3.8) is 0 Å². The van der Waals surface area contributed by atoms with E-state index in [-0.39, 0.29) is 6.61 Å². The van der Waals surface area contributed by atoms with Crippen LogP contribution in [0.3, 0.4) is 0 Å². The van der Waals surface area contributed by atoms with Gasteiger partial charge in [-0.25, -0.2) is 4.79 Å². The molecule has 1 amide bonds. The third kappa shape index (κ3) is 4.08. The molecule has 1 aromatic carbocycles. The van der Waals surface area contributed by atoms with Crippen LogP contribution in [0.5, 0.6) is 0 Å². The number of amides is 1. The van der Waals surface area contributed by atoms with Gasteiger partial charge in [0.25, 0.3) is 0 Å². The first kappa shape index (κ1) is 14.0. The lowest BCUT2D eigenvalue weighted by atomic mass is 9.95. The lowest BCUT2D eigenvalue weighted by molar-refractivity contribution is -0.148. The maximum atomic E-state index is 11.4. The van der Waals surface area contributed by atoms with Crippen LogP contribution in [0.15, 0.2) is 24.3 Å². The predicted octanol–water partition coefficient (Wildman–Crippen LogP) is 2.65. The molecule has 98 valence electrons. The summed E-state index contributed by atoms with van der Waals surface area (Å²) in [6.45, 7) is 4.75. The number of anilines is 1. The first-order valence-corrected chi connectivity index (χ1v) is 5.55. The van der Waals surface area contributed by atoms with Gasteiger partial charge in [-0.1, -0.05) is 17.7 Å². The van der Waals surface area contributed by atoms with E-state index < -0.39 is 17.5 Å². The molecule has 5 nitrogen and oxygen atoms in total. The average Bonchev–Trinajstić information content (AvgIpc) is 2.29. The Labute approximate surface area is 106 Å². The highest BCUT2D eigenvalue weighted by atomic mass is 16.5. The first-order chi connectivity index (χ1) is 8.31. The van der Waals surface area contributed by atoms with Crippen molar-refractivity contribution >= 4 is 17.7 Å². The summed E-state index contributed by atoms with van der Waals surface area (Å²) in [5.41, 5.74) is 0.601. The number of benzene rings is 1. The number of nitrogens with one attached hydrogen (secondary N) is 1. The number of hydrogen-bond acceptors (Lipinski definition) is 3. The Balaban J connectivity index is 2.48. The van der Waals surface area contributed by atoms with Crippen molar-refractivity contribution in [3.05, 3.63) is 29.8 Å². The van der Waals surface area contributed by atoms with Crippen molar-refractivity contribution in [3.8, 4) is 0 Å². The van der Waals surface area contributed by atoms with E-state index >= 15 is 0 Å². The monoisotopic (exact) mass is 251 g/mol. The molecule has 0 bridgehead atoms. The van der Waals surface area contributed by atoms with Gasteiger partial charge in [-0.2, -0.15) is 0 Å². The quantitative estimate of drug-likeness (QED) is 0.862. The molecule has 5 heteroatoms. The summed E-state index contributed by atoms with van der Waals surface area (Å²) < 4.78 is 4.87. The maximum absolute atomic E-state index is 11.4. The van der Waals surface area contributed by atoms with Gasteiger partial charge in [-0.15, -0.1) is 0 Å². The zero-order valence-corrected chi connectivity index (χ0v) is 10.7. The molecule has 0 spiro atoms. The third-order valence-corrected chi connectivity index (χ3v) is 2.44. The van der Waals surface area contributed by atoms with E-state index in [1.165, 1.54) is 13.8 Å². The van der Waals surface area contributed by atoms with E-state index in [9.17, 15) is 9.59 Å². The molecule has 2 N–H and O–H groups in total. The van der Waals surface area contributed by atoms with Crippen molar-refractivity contribution in [1.29, 1.82) is 0 Å². The van der Waals surface area contributed by atoms with Gasteiger partial charge >= 0.3 is 12.1 Å². The van der Waals surface area contributed by atoms with Gasteiger partial charge in [0.15, 0.2) is 0 Å². The van der Waals surface area contributed by atoms with E-state index in [0.29, 0.717) is 5.69 Å². The predicted molar refractivity (Wildman–Crippen MR) is 67.6 cm³/mol. The molecule has 0 heterocycles. The Morgan fingerprint density at radius 2 is 1.83 bits per heavy atom. The van der Waals surface area contributed by atoms with Crippen LogP contribution in [0, 0.1) is 12.3 Å². The number of carbonyl (C=O) groups is 2. The van der Waals surface area contributed by atoms with Crippen LogP contribution >= 0.6 is 0 Å². The summed E-state index contributed by atoms with van der Waals surface area (Å²) in [4.78, 5) is 22.3. The van der Waals surface area contributed by atoms with Crippen molar-refractivity contribution in [2.75, 3.05) is 11.9 Å². The van der Waals surface area contributed by atoms with Gasteiger partial charge in [0, 0.05) is 5.69 Å². The van der Waals surface area contributed by atoms with Crippen LogP contribution in [0.2, 0.25) is 0 Å². The average molecular weight is 251 g/mol. The number of ether oxygens (including phenoxy) is 1. The fourth-order valence-electron chi connectivity index (χ4n) is 1.10. The molecule has 0 aliphatic heterocycles. The normalized spacial score (nSPS) is 10.8. The summed E-state index contributed by atoms with van der Waals surface area (Å²) in [5, 5.41) is 11.4. The molecule has 1 rings (SSSR count). The van der Waals surface area contributed by atoms with E-state index in [1.807, 2.05) is 19.1 Å². The topological polar surface area (TPSA) is 75.6 Å². The smallest absolute Gasteiger partial charge is 0.411 e. The SMILES string of the molecule is Cc1ccc(NC(=O)OCC(C)(C)C(=O)O)cc1. The lowest BCUT2D eigenvalue weighted by Gasteiger charge is -2.18. The van der Waals surface area contributed by atoms with Crippen molar-refractivity contribution in [1.82, 2.24) is 0 Å². The number of hydrogen-bond donors (Lipinski definition) is 2. The van der Waals surface area contributed by atoms with Gasteiger partial charge in [0.1, 0.15) is 6.61 Å². The highest BCUT2D eigenvalue weighted by molar-refractivity contribution is 5.85. The van der Waals surface area contributed by atoms with E-state index in [1.54, 1.807) is 12.1 Å². The lowest BCUT2D eigenvalue weighted by Crippen LogP contribution is -2.31. The van der Waals surface area contributed by atoms with Gasteiger partial charge in [-0.3, -0.25) is 10.1 Å².